The number of carbonyl (C=O) groups is 5. The number of hydrogen-bond acceptors (Lipinski definition) is 12. The Bertz CT molecular complexity index is 2010. The predicted octanol–water partition coefficient (Wildman–Crippen LogP) is 2.19. The zero-order valence-electron chi connectivity index (χ0n) is 29.6. The Morgan fingerprint density at radius 3 is 2.59 bits per heavy atom. The van der Waals surface area contributed by atoms with Gasteiger partial charge in [-0.3, -0.25) is 43.9 Å². The normalized spacial score (nSPS) is 19.9. The lowest BCUT2D eigenvalue weighted by Crippen LogP contribution is -2.54. The number of carbonyl (C=O) groups excluding carboxylic acids is 5. The number of halogens is 1. The molecule has 1 aromatic heterocycles. The van der Waals surface area contributed by atoms with E-state index in [1.807, 2.05) is 0 Å². The summed E-state index contributed by atoms with van der Waals surface area (Å²) in [5.74, 6) is -1.58. The molecular weight excluding hydrogens is 722 g/mol. The maximum Gasteiger partial charge on any atom is 0.264 e. The molecule has 0 spiro atoms. The molecule has 0 saturated carbocycles. The van der Waals surface area contributed by atoms with E-state index in [2.05, 4.69) is 30.8 Å². The van der Waals surface area contributed by atoms with Gasteiger partial charge in [0.1, 0.15) is 28.8 Å². The zero-order chi connectivity index (χ0) is 37.8. The van der Waals surface area contributed by atoms with Gasteiger partial charge in [-0.1, -0.05) is 6.07 Å². The quantitative estimate of drug-likeness (QED) is 0.147. The van der Waals surface area contributed by atoms with Crippen molar-refractivity contribution in [3.63, 3.8) is 0 Å². The Labute approximate surface area is 314 Å². The van der Waals surface area contributed by atoms with E-state index in [-0.39, 0.29) is 66.3 Å². The zero-order valence-corrected chi connectivity index (χ0v) is 30.4. The molecule has 1 unspecified atom stereocenters. The average molecular weight is 764 g/mol. The molecule has 5 amide bonds. The number of nitrogens with one attached hydrogen (secondary N) is 4. The van der Waals surface area contributed by atoms with Crippen molar-refractivity contribution < 1.29 is 37.8 Å². The van der Waals surface area contributed by atoms with Crippen LogP contribution in [-0.2, 0) is 24.9 Å². The first-order chi connectivity index (χ1) is 26.1. The van der Waals surface area contributed by atoms with E-state index in [1.54, 1.807) is 30.0 Å². The van der Waals surface area contributed by atoms with Crippen LogP contribution < -0.4 is 26.2 Å². The van der Waals surface area contributed by atoms with Crippen molar-refractivity contribution in [1.82, 2.24) is 30.4 Å². The SMILES string of the molecule is O=C(CN1CCC(COc2cc(F)c3c(=O)[nH]c(CSC4CCOCC4)nc3c2)CC1)NCCNc1cccc2c1C(=O)N(C1CCC(=O)NC1=O)C2=O. The fourth-order valence-electron chi connectivity index (χ4n) is 7.28. The molecule has 0 bridgehead atoms. The predicted molar refractivity (Wildman–Crippen MR) is 197 cm³/mol. The van der Waals surface area contributed by atoms with Crippen LogP contribution in [0.4, 0.5) is 10.1 Å². The van der Waals surface area contributed by atoms with E-state index in [4.69, 9.17) is 9.47 Å². The van der Waals surface area contributed by atoms with Crippen LogP contribution in [0.1, 0.15) is 65.1 Å². The number of thioether (sulfide) groups is 1. The first kappa shape index (κ1) is 37.4. The Morgan fingerprint density at radius 1 is 1.02 bits per heavy atom. The maximum absolute atomic E-state index is 15.0. The second kappa shape index (κ2) is 16.7. The van der Waals surface area contributed by atoms with Crippen LogP contribution in [0.2, 0.25) is 0 Å². The van der Waals surface area contributed by atoms with E-state index in [1.165, 1.54) is 12.1 Å². The van der Waals surface area contributed by atoms with Crippen LogP contribution in [-0.4, -0.2) is 113 Å². The number of amides is 5. The van der Waals surface area contributed by atoms with Crippen molar-refractivity contribution in [1.29, 1.82) is 0 Å². The van der Waals surface area contributed by atoms with Crippen LogP contribution in [0.5, 0.6) is 5.75 Å². The molecule has 286 valence electrons. The number of aromatic nitrogens is 2. The molecule has 15 nitrogen and oxygen atoms in total. The highest BCUT2D eigenvalue weighted by Gasteiger charge is 2.45. The van der Waals surface area contributed by atoms with Crippen molar-refractivity contribution in [3.05, 3.63) is 63.5 Å². The topological polar surface area (TPSA) is 192 Å². The van der Waals surface area contributed by atoms with Crippen molar-refractivity contribution in [2.24, 2.45) is 5.92 Å². The van der Waals surface area contributed by atoms with Crippen molar-refractivity contribution in [2.75, 3.05) is 57.9 Å². The summed E-state index contributed by atoms with van der Waals surface area (Å²) < 4.78 is 26.4. The summed E-state index contributed by atoms with van der Waals surface area (Å²) in [6, 6.07) is 6.61. The van der Waals surface area contributed by atoms with Gasteiger partial charge < -0.3 is 25.1 Å². The highest BCUT2D eigenvalue weighted by Crippen LogP contribution is 2.32. The highest BCUT2D eigenvalue weighted by molar-refractivity contribution is 7.99. The van der Waals surface area contributed by atoms with E-state index >= 15 is 0 Å². The molecule has 4 aliphatic rings. The lowest BCUT2D eigenvalue weighted by molar-refractivity contribution is -0.136. The molecular formula is C37H42FN7O8S. The first-order valence-corrected chi connectivity index (χ1v) is 19.3. The Hall–Kier alpha value is -4.87. The minimum atomic E-state index is -1.05. The molecule has 3 saturated heterocycles. The molecule has 54 heavy (non-hydrogen) atoms. The molecule has 7 rings (SSSR count). The largest absolute Gasteiger partial charge is 0.493 e. The van der Waals surface area contributed by atoms with Gasteiger partial charge in [-0.15, -0.1) is 0 Å². The molecule has 3 fully saturated rings. The number of hydrogen-bond donors (Lipinski definition) is 4. The van der Waals surface area contributed by atoms with Crippen molar-refractivity contribution >= 4 is 57.9 Å². The van der Waals surface area contributed by atoms with Gasteiger partial charge in [0.25, 0.3) is 17.4 Å². The molecule has 3 aromatic rings. The molecule has 17 heteroatoms. The molecule has 0 radical (unpaired) electrons. The maximum atomic E-state index is 15.0. The molecule has 2 aromatic carbocycles. The van der Waals surface area contributed by atoms with Gasteiger partial charge in [0.05, 0.1) is 35.5 Å². The number of benzene rings is 2. The van der Waals surface area contributed by atoms with Crippen LogP contribution in [0.3, 0.4) is 0 Å². The number of likely N-dealkylation sites (tertiary alicyclic amines) is 1. The van der Waals surface area contributed by atoms with E-state index < -0.39 is 41.0 Å². The second-order valence-corrected chi connectivity index (χ2v) is 15.2. The summed E-state index contributed by atoms with van der Waals surface area (Å²) >= 11 is 1.71. The molecule has 0 aliphatic carbocycles. The van der Waals surface area contributed by atoms with Crippen LogP contribution in [0.25, 0.3) is 10.9 Å². The summed E-state index contributed by atoms with van der Waals surface area (Å²) in [5.41, 5.74) is 0.511. The van der Waals surface area contributed by atoms with Gasteiger partial charge in [-0.25, -0.2) is 9.37 Å². The van der Waals surface area contributed by atoms with Crippen LogP contribution in [0, 0.1) is 11.7 Å². The van der Waals surface area contributed by atoms with Gasteiger partial charge in [0, 0.05) is 55.8 Å². The van der Waals surface area contributed by atoms with Gasteiger partial charge >= 0.3 is 0 Å². The highest BCUT2D eigenvalue weighted by atomic mass is 32.2. The van der Waals surface area contributed by atoms with Crippen LogP contribution in [0.15, 0.2) is 35.1 Å². The third kappa shape index (κ3) is 8.42. The lowest BCUT2D eigenvalue weighted by atomic mass is 9.98. The number of nitrogens with zero attached hydrogens (tertiary/aromatic N) is 3. The monoisotopic (exact) mass is 763 g/mol. The number of H-pyrrole nitrogens is 1. The summed E-state index contributed by atoms with van der Waals surface area (Å²) in [4.78, 5) is 85.9. The fourth-order valence-corrected chi connectivity index (χ4v) is 8.34. The van der Waals surface area contributed by atoms with Crippen LogP contribution >= 0.6 is 11.8 Å². The third-order valence-electron chi connectivity index (χ3n) is 10.2. The molecule has 5 heterocycles. The Balaban J connectivity index is 0.837. The number of fused-ring (bicyclic) bond motifs is 2. The number of rotatable bonds is 13. The van der Waals surface area contributed by atoms with E-state index in [0.717, 1.165) is 43.8 Å². The smallest absolute Gasteiger partial charge is 0.264 e. The van der Waals surface area contributed by atoms with Gasteiger partial charge in [-0.2, -0.15) is 11.8 Å². The first-order valence-electron chi connectivity index (χ1n) is 18.3. The van der Waals surface area contributed by atoms with Gasteiger partial charge in [-0.05, 0) is 63.2 Å². The number of ether oxygens (including phenoxy) is 2. The standard InChI is InChI=1S/C37H42FN7O8S/c38-25-16-22(17-27-33(25)35(49)42-29(41-27)20-54-23-8-14-52-15-9-23)53-19-21-6-12-44(13-7-21)18-31(47)40-11-10-39-26-3-1-2-24-32(26)37(51)45(36(24)50)28-4-5-30(46)43-34(28)48/h1-3,16-17,21,23,28,39H,4-15,18-20H2,(H,40,47)(H,41,42,49)(H,43,46,48). The van der Waals surface area contributed by atoms with Gasteiger partial charge in [0.2, 0.25) is 17.7 Å². The second-order valence-electron chi connectivity index (χ2n) is 13.9. The van der Waals surface area contributed by atoms with Gasteiger partial charge in [0.15, 0.2) is 0 Å². The summed E-state index contributed by atoms with van der Waals surface area (Å²) in [5, 5.41) is 8.54. The number of imide groups is 2. The fraction of sp³-hybridized carbons (Fsp3) is 0.486. The average Bonchev–Trinajstić information content (AvgIpc) is 3.41. The Kier molecular flexibility index (Phi) is 11.5. The minimum absolute atomic E-state index is 0.0382. The third-order valence-corrected chi connectivity index (χ3v) is 11.6. The lowest BCUT2D eigenvalue weighted by Gasteiger charge is -2.31. The summed E-state index contributed by atoms with van der Waals surface area (Å²) in [6.07, 6.45) is 3.59. The van der Waals surface area contributed by atoms with E-state index in [9.17, 15) is 33.2 Å². The van der Waals surface area contributed by atoms with E-state index in [0.29, 0.717) is 48.0 Å². The summed E-state index contributed by atoms with van der Waals surface area (Å²) in [6.45, 7) is 3.97. The molecule has 1 atom stereocenters. The number of piperidine rings is 2. The minimum Gasteiger partial charge on any atom is -0.493 e. The molecule has 4 N–H and O–H groups in total. The number of anilines is 1. The molecule has 4 aliphatic heterocycles. The summed E-state index contributed by atoms with van der Waals surface area (Å²) in [7, 11) is 0. The van der Waals surface area contributed by atoms with Crippen molar-refractivity contribution in [3.8, 4) is 5.75 Å². The Morgan fingerprint density at radius 2 is 1.81 bits per heavy atom. The van der Waals surface area contributed by atoms with Crippen molar-refractivity contribution in [2.45, 2.75) is 55.6 Å². The number of aromatic amines is 1.